The molecule has 4 heteroatoms. The van der Waals surface area contributed by atoms with Crippen LogP contribution in [0.5, 0.6) is 0 Å². The molecule has 4 nitrogen and oxygen atoms in total. The fraction of sp³-hybridized carbons (Fsp3) is 0.938. The maximum Gasteiger partial charge on any atom is 0.237 e. The second kappa shape index (κ2) is 8.63. The molecule has 1 amide bonds. The lowest BCUT2D eigenvalue weighted by molar-refractivity contribution is -0.127. The molecule has 0 aromatic carbocycles. The third kappa shape index (κ3) is 5.06. The highest BCUT2D eigenvalue weighted by atomic mass is 16.2. The molecule has 118 valence electrons. The van der Waals surface area contributed by atoms with E-state index in [9.17, 15) is 4.79 Å². The van der Waals surface area contributed by atoms with Crippen molar-refractivity contribution in [3.8, 4) is 0 Å². The number of nitrogens with zero attached hydrogens (tertiary/aromatic N) is 1. The van der Waals surface area contributed by atoms with Crippen molar-refractivity contribution in [2.45, 2.75) is 71.5 Å². The first-order valence-corrected chi connectivity index (χ1v) is 8.18. The molecule has 1 heterocycles. The highest BCUT2D eigenvalue weighted by Gasteiger charge is 2.32. The minimum atomic E-state index is -0.0248. The van der Waals surface area contributed by atoms with Gasteiger partial charge in [-0.15, -0.1) is 0 Å². The van der Waals surface area contributed by atoms with Gasteiger partial charge in [-0.1, -0.05) is 20.3 Å². The number of piperidine rings is 1. The molecule has 0 radical (unpaired) electrons. The van der Waals surface area contributed by atoms with E-state index >= 15 is 0 Å². The molecule has 0 aliphatic carbocycles. The van der Waals surface area contributed by atoms with Crippen molar-refractivity contribution in [2.24, 2.45) is 5.92 Å². The number of hydrogen-bond acceptors (Lipinski definition) is 3. The Kier molecular flexibility index (Phi) is 7.52. The predicted molar refractivity (Wildman–Crippen MR) is 84.8 cm³/mol. The number of carbonyl (C=O) groups is 1. The summed E-state index contributed by atoms with van der Waals surface area (Å²) in [4.78, 5) is 14.7. The standard InChI is InChI=1S/C16H33N3O/c1-12(2)9-10-18-16(20)14(4)19-11-7-6-8-15(19)13(3)17-5/h12-15,17H,6-11H2,1-5H3,(H,18,20). The van der Waals surface area contributed by atoms with Crippen LogP contribution in [-0.2, 0) is 4.79 Å². The maximum absolute atomic E-state index is 12.3. The number of nitrogens with one attached hydrogen (secondary N) is 2. The zero-order valence-electron chi connectivity index (χ0n) is 13.9. The Morgan fingerprint density at radius 2 is 1.95 bits per heavy atom. The Morgan fingerprint density at radius 1 is 1.25 bits per heavy atom. The molecule has 20 heavy (non-hydrogen) atoms. The third-order valence-electron chi connectivity index (χ3n) is 4.52. The Hall–Kier alpha value is -0.610. The van der Waals surface area contributed by atoms with Gasteiger partial charge in [0.05, 0.1) is 6.04 Å². The van der Waals surface area contributed by atoms with E-state index in [2.05, 4.69) is 36.3 Å². The van der Waals surface area contributed by atoms with Gasteiger partial charge in [0.1, 0.15) is 0 Å². The van der Waals surface area contributed by atoms with E-state index in [-0.39, 0.29) is 11.9 Å². The second-order valence-electron chi connectivity index (χ2n) is 6.53. The summed E-state index contributed by atoms with van der Waals surface area (Å²) < 4.78 is 0. The second-order valence-corrected chi connectivity index (χ2v) is 6.53. The van der Waals surface area contributed by atoms with Crippen LogP contribution in [0.1, 0.15) is 53.4 Å². The van der Waals surface area contributed by atoms with E-state index in [0.29, 0.717) is 18.0 Å². The quantitative estimate of drug-likeness (QED) is 0.751. The van der Waals surface area contributed by atoms with E-state index in [1.807, 2.05) is 14.0 Å². The predicted octanol–water partition coefficient (Wildman–Crippen LogP) is 2.00. The normalized spacial score (nSPS) is 23.6. The van der Waals surface area contributed by atoms with Crippen LogP contribution >= 0.6 is 0 Å². The first-order chi connectivity index (χ1) is 9.47. The summed E-state index contributed by atoms with van der Waals surface area (Å²) in [5.41, 5.74) is 0. The van der Waals surface area contributed by atoms with Crippen molar-refractivity contribution >= 4 is 5.91 Å². The molecule has 1 rings (SSSR count). The SMILES string of the molecule is CNC(C)C1CCCCN1C(C)C(=O)NCCC(C)C. The molecule has 3 unspecified atom stereocenters. The molecule has 0 saturated carbocycles. The molecule has 1 fully saturated rings. The van der Waals surface area contributed by atoms with Gasteiger partial charge < -0.3 is 10.6 Å². The summed E-state index contributed by atoms with van der Waals surface area (Å²) >= 11 is 0. The van der Waals surface area contributed by atoms with Gasteiger partial charge in [0.15, 0.2) is 0 Å². The Balaban J connectivity index is 2.53. The molecule has 3 atom stereocenters. The van der Waals surface area contributed by atoms with Gasteiger partial charge in [-0.25, -0.2) is 0 Å². The molecule has 1 aliphatic heterocycles. The average Bonchev–Trinajstić information content (AvgIpc) is 2.45. The molecule has 2 N–H and O–H groups in total. The number of hydrogen-bond donors (Lipinski definition) is 2. The minimum Gasteiger partial charge on any atom is -0.355 e. The Bertz CT molecular complexity index is 293. The molecule has 1 aliphatic rings. The van der Waals surface area contributed by atoms with Gasteiger partial charge >= 0.3 is 0 Å². The lowest BCUT2D eigenvalue weighted by Crippen LogP contribution is -2.57. The number of likely N-dealkylation sites (N-methyl/N-ethyl adjacent to an activating group) is 1. The molecular formula is C16H33N3O. The summed E-state index contributed by atoms with van der Waals surface area (Å²) in [6, 6.07) is 0.879. The highest BCUT2D eigenvalue weighted by molar-refractivity contribution is 5.81. The molecule has 0 spiro atoms. The van der Waals surface area contributed by atoms with Crippen LogP contribution in [0.25, 0.3) is 0 Å². The molecule has 1 saturated heterocycles. The van der Waals surface area contributed by atoms with Crippen LogP contribution in [0.4, 0.5) is 0 Å². The minimum absolute atomic E-state index is 0.0248. The topological polar surface area (TPSA) is 44.4 Å². The summed E-state index contributed by atoms with van der Waals surface area (Å²) in [6.07, 6.45) is 4.71. The van der Waals surface area contributed by atoms with Gasteiger partial charge in [-0.05, 0) is 52.6 Å². The van der Waals surface area contributed by atoms with Crippen molar-refractivity contribution in [1.82, 2.24) is 15.5 Å². The number of rotatable bonds is 7. The van der Waals surface area contributed by atoms with Gasteiger partial charge in [-0.2, -0.15) is 0 Å². The highest BCUT2D eigenvalue weighted by Crippen LogP contribution is 2.22. The van der Waals surface area contributed by atoms with Crippen LogP contribution in [0.3, 0.4) is 0 Å². The van der Waals surface area contributed by atoms with Crippen LogP contribution in [0.15, 0.2) is 0 Å². The summed E-state index contributed by atoms with van der Waals surface area (Å²) in [6.45, 7) is 10.5. The van der Waals surface area contributed by atoms with E-state index < -0.39 is 0 Å². The van der Waals surface area contributed by atoms with E-state index in [1.54, 1.807) is 0 Å². The Labute approximate surface area is 124 Å². The van der Waals surface area contributed by atoms with Crippen LogP contribution in [-0.4, -0.2) is 49.1 Å². The maximum atomic E-state index is 12.3. The van der Waals surface area contributed by atoms with Crippen molar-refractivity contribution in [1.29, 1.82) is 0 Å². The molecule has 0 aromatic heterocycles. The Morgan fingerprint density at radius 3 is 2.55 bits per heavy atom. The fourth-order valence-electron chi connectivity index (χ4n) is 2.97. The summed E-state index contributed by atoms with van der Waals surface area (Å²) in [7, 11) is 2.00. The molecular weight excluding hydrogens is 250 g/mol. The zero-order valence-corrected chi connectivity index (χ0v) is 13.9. The van der Waals surface area contributed by atoms with Crippen molar-refractivity contribution in [3.63, 3.8) is 0 Å². The zero-order chi connectivity index (χ0) is 15.1. The first-order valence-electron chi connectivity index (χ1n) is 8.18. The number of amides is 1. The van der Waals surface area contributed by atoms with Gasteiger partial charge in [-0.3, -0.25) is 9.69 Å². The smallest absolute Gasteiger partial charge is 0.237 e. The van der Waals surface area contributed by atoms with E-state index in [4.69, 9.17) is 0 Å². The van der Waals surface area contributed by atoms with Crippen molar-refractivity contribution in [3.05, 3.63) is 0 Å². The monoisotopic (exact) mass is 283 g/mol. The van der Waals surface area contributed by atoms with Crippen LogP contribution in [0.2, 0.25) is 0 Å². The van der Waals surface area contributed by atoms with Crippen molar-refractivity contribution in [2.75, 3.05) is 20.1 Å². The van der Waals surface area contributed by atoms with Gasteiger partial charge in [0.25, 0.3) is 0 Å². The summed E-state index contributed by atoms with van der Waals surface area (Å²) in [5, 5.41) is 6.43. The first kappa shape index (κ1) is 17.4. The largest absolute Gasteiger partial charge is 0.355 e. The van der Waals surface area contributed by atoms with Gasteiger partial charge in [0.2, 0.25) is 5.91 Å². The number of likely N-dealkylation sites (tertiary alicyclic amines) is 1. The number of carbonyl (C=O) groups excluding carboxylic acids is 1. The van der Waals surface area contributed by atoms with Gasteiger partial charge in [0, 0.05) is 18.6 Å². The average molecular weight is 283 g/mol. The molecule has 0 bridgehead atoms. The van der Waals surface area contributed by atoms with E-state index in [1.165, 1.54) is 19.3 Å². The van der Waals surface area contributed by atoms with Crippen molar-refractivity contribution < 1.29 is 4.79 Å². The summed E-state index contributed by atoms with van der Waals surface area (Å²) in [5.74, 6) is 0.818. The molecule has 0 aromatic rings. The van der Waals surface area contributed by atoms with E-state index in [0.717, 1.165) is 19.5 Å². The lowest BCUT2D eigenvalue weighted by atomic mass is 9.94. The van der Waals surface area contributed by atoms with Crippen LogP contribution in [0, 0.1) is 5.92 Å². The third-order valence-corrected chi connectivity index (χ3v) is 4.52. The lowest BCUT2D eigenvalue weighted by Gasteiger charge is -2.42. The fourth-order valence-corrected chi connectivity index (χ4v) is 2.97. The van der Waals surface area contributed by atoms with Crippen LogP contribution < -0.4 is 10.6 Å².